The Hall–Kier alpha value is -0.940. The Balaban J connectivity index is 1.64. The lowest BCUT2D eigenvalue weighted by Crippen LogP contribution is -2.47. The predicted octanol–water partition coefficient (Wildman–Crippen LogP) is 0.823. The van der Waals surface area contributed by atoms with E-state index in [1.54, 1.807) is 0 Å². The first-order valence-electron chi connectivity index (χ1n) is 7.40. The van der Waals surface area contributed by atoms with E-state index in [0.717, 1.165) is 38.7 Å². The summed E-state index contributed by atoms with van der Waals surface area (Å²) in [4.78, 5) is 26.0. The summed E-state index contributed by atoms with van der Waals surface area (Å²) < 4.78 is 5.49. The van der Waals surface area contributed by atoms with Crippen LogP contribution in [0, 0.1) is 0 Å². The Morgan fingerprint density at radius 3 is 2.58 bits per heavy atom. The molecule has 2 saturated heterocycles. The number of nitrogens with zero attached hydrogens (tertiary/aromatic N) is 1. The van der Waals surface area contributed by atoms with Crippen LogP contribution in [0.2, 0.25) is 0 Å². The molecule has 0 bridgehead atoms. The third-order valence-corrected chi connectivity index (χ3v) is 4.66. The minimum atomic E-state index is -0.331. The number of hydrogen-bond acceptors (Lipinski definition) is 4. The molecule has 0 radical (unpaired) electrons. The van der Waals surface area contributed by atoms with Gasteiger partial charge in [0.15, 0.2) is 0 Å². The van der Waals surface area contributed by atoms with Gasteiger partial charge in [-0.05, 0) is 26.2 Å². The van der Waals surface area contributed by atoms with Gasteiger partial charge in [0.1, 0.15) is 0 Å². The number of nitrogens with one attached hydrogen (secondary N) is 1. The van der Waals surface area contributed by atoms with Gasteiger partial charge >= 0.3 is 0 Å². The molecule has 0 aromatic rings. The van der Waals surface area contributed by atoms with Crippen LogP contribution in [0.15, 0.2) is 0 Å². The topological polar surface area (TPSA) is 58.6 Å². The average Bonchev–Trinajstić information content (AvgIpc) is 3.05. The van der Waals surface area contributed by atoms with E-state index < -0.39 is 0 Å². The van der Waals surface area contributed by atoms with Crippen LogP contribution in [-0.2, 0) is 14.3 Å². The van der Waals surface area contributed by atoms with Crippen molar-refractivity contribution in [1.82, 2.24) is 10.2 Å². The molecule has 106 valence electrons. The van der Waals surface area contributed by atoms with Crippen molar-refractivity contribution in [2.75, 3.05) is 6.61 Å². The minimum Gasteiger partial charge on any atom is -0.377 e. The van der Waals surface area contributed by atoms with E-state index in [1.165, 1.54) is 4.90 Å². The molecule has 1 aliphatic carbocycles. The van der Waals surface area contributed by atoms with Gasteiger partial charge in [-0.2, -0.15) is 0 Å². The molecule has 5 heteroatoms. The van der Waals surface area contributed by atoms with Crippen molar-refractivity contribution >= 4 is 11.8 Å². The number of rotatable bonds is 3. The normalized spacial score (nSPS) is 36.7. The summed E-state index contributed by atoms with van der Waals surface area (Å²) in [6.45, 7) is 2.75. The number of hydrogen-bond donors (Lipinski definition) is 1. The van der Waals surface area contributed by atoms with Gasteiger partial charge in [-0.15, -0.1) is 0 Å². The molecule has 1 N–H and O–H groups in total. The summed E-state index contributed by atoms with van der Waals surface area (Å²) in [5.74, 6) is -0.0167. The van der Waals surface area contributed by atoms with Crippen molar-refractivity contribution in [3.8, 4) is 0 Å². The number of imide groups is 1. The molecule has 1 saturated carbocycles. The minimum absolute atomic E-state index is 0.000897. The van der Waals surface area contributed by atoms with Gasteiger partial charge in [0.25, 0.3) is 0 Å². The maximum Gasteiger partial charge on any atom is 0.247 e. The lowest BCUT2D eigenvalue weighted by atomic mass is 10.1. The van der Waals surface area contributed by atoms with Gasteiger partial charge < -0.3 is 4.74 Å². The standard InChI is InChI=1S/C14H22N2O3/c1-9-11(6-7-19-9)15-12-8-13(17)16(14(12)18)10-4-2-3-5-10/h9-12,15H,2-8H2,1H3. The van der Waals surface area contributed by atoms with Crippen LogP contribution in [0.5, 0.6) is 0 Å². The Morgan fingerprint density at radius 2 is 1.95 bits per heavy atom. The lowest BCUT2D eigenvalue weighted by molar-refractivity contribution is -0.141. The first kappa shape index (κ1) is 13.1. The van der Waals surface area contributed by atoms with Crippen LogP contribution in [0.1, 0.15) is 45.4 Å². The maximum atomic E-state index is 12.4. The van der Waals surface area contributed by atoms with E-state index in [1.807, 2.05) is 6.92 Å². The number of carbonyl (C=O) groups is 2. The van der Waals surface area contributed by atoms with E-state index >= 15 is 0 Å². The molecule has 5 nitrogen and oxygen atoms in total. The van der Waals surface area contributed by atoms with E-state index in [4.69, 9.17) is 4.74 Å². The summed E-state index contributed by atoms with van der Waals surface area (Å²) in [6.07, 6.45) is 5.59. The second kappa shape index (κ2) is 5.21. The summed E-state index contributed by atoms with van der Waals surface area (Å²) in [6, 6.07) is 0.0246. The van der Waals surface area contributed by atoms with Crippen LogP contribution < -0.4 is 5.32 Å². The van der Waals surface area contributed by atoms with E-state index in [0.29, 0.717) is 6.42 Å². The monoisotopic (exact) mass is 266 g/mol. The average molecular weight is 266 g/mol. The highest BCUT2D eigenvalue weighted by molar-refractivity contribution is 6.05. The molecule has 3 unspecified atom stereocenters. The van der Waals surface area contributed by atoms with Gasteiger partial charge in [-0.1, -0.05) is 12.8 Å². The fraction of sp³-hybridized carbons (Fsp3) is 0.857. The quantitative estimate of drug-likeness (QED) is 0.769. The van der Waals surface area contributed by atoms with Crippen LogP contribution in [0.25, 0.3) is 0 Å². The molecular formula is C14H22N2O3. The molecule has 2 aliphatic heterocycles. The zero-order valence-corrected chi connectivity index (χ0v) is 11.4. The molecular weight excluding hydrogens is 244 g/mol. The number of carbonyl (C=O) groups excluding carboxylic acids is 2. The van der Waals surface area contributed by atoms with Gasteiger partial charge in [-0.3, -0.25) is 19.8 Å². The lowest BCUT2D eigenvalue weighted by Gasteiger charge is -2.23. The van der Waals surface area contributed by atoms with Crippen LogP contribution in [0.3, 0.4) is 0 Å². The number of likely N-dealkylation sites (tertiary alicyclic amines) is 1. The molecule has 0 spiro atoms. The zero-order chi connectivity index (χ0) is 13.4. The number of amides is 2. The van der Waals surface area contributed by atoms with Gasteiger partial charge in [0.05, 0.1) is 18.6 Å². The van der Waals surface area contributed by atoms with E-state index in [9.17, 15) is 9.59 Å². The summed E-state index contributed by atoms with van der Waals surface area (Å²) in [5.41, 5.74) is 0. The Labute approximate surface area is 113 Å². The van der Waals surface area contributed by atoms with Crippen molar-refractivity contribution in [2.24, 2.45) is 0 Å². The smallest absolute Gasteiger partial charge is 0.247 e. The van der Waals surface area contributed by atoms with E-state index in [-0.39, 0.29) is 36.0 Å². The van der Waals surface area contributed by atoms with Crippen molar-refractivity contribution < 1.29 is 14.3 Å². The molecule has 3 fully saturated rings. The van der Waals surface area contributed by atoms with Gasteiger partial charge in [0, 0.05) is 18.7 Å². The number of ether oxygens (including phenoxy) is 1. The largest absolute Gasteiger partial charge is 0.377 e. The fourth-order valence-electron chi connectivity index (χ4n) is 3.54. The zero-order valence-electron chi connectivity index (χ0n) is 11.4. The van der Waals surface area contributed by atoms with Gasteiger partial charge in [0.2, 0.25) is 11.8 Å². The van der Waals surface area contributed by atoms with Gasteiger partial charge in [-0.25, -0.2) is 0 Å². The molecule has 19 heavy (non-hydrogen) atoms. The molecule has 3 atom stereocenters. The fourth-order valence-corrected chi connectivity index (χ4v) is 3.54. The molecule has 0 aromatic heterocycles. The highest BCUT2D eigenvalue weighted by Crippen LogP contribution is 2.28. The molecule has 0 aromatic carbocycles. The third-order valence-electron chi connectivity index (χ3n) is 4.66. The Kier molecular flexibility index (Phi) is 3.58. The van der Waals surface area contributed by atoms with Crippen LogP contribution >= 0.6 is 0 Å². The van der Waals surface area contributed by atoms with Crippen LogP contribution in [-0.4, -0.2) is 47.6 Å². The van der Waals surface area contributed by atoms with Crippen molar-refractivity contribution in [1.29, 1.82) is 0 Å². The summed E-state index contributed by atoms with van der Waals surface area (Å²) >= 11 is 0. The first-order chi connectivity index (χ1) is 9.16. The van der Waals surface area contributed by atoms with Crippen LogP contribution in [0.4, 0.5) is 0 Å². The van der Waals surface area contributed by atoms with Crippen molar-refractivity contribution in [3.05, 3.63) is 0 Å². The highest BCUT2D eigenvalue weighted by atomic mass is 16.5. The molecule has 2 heterocycles. The van der Waals surface area contributed by atoms with E-state index in [2.05, 4.69) is 5.32 Å². The second-order valence-corrected chi connectivity index (χ2v) is 5.93. The molecule has 3 aliphatic rings. The Bertz CT molecular complexity index is 379. The Morgan fingerprint density at radius 1 is 1.21 bits per heavy atom. The van der Waals surface area contributed by atoms with Crippen molar-refractivity contribution in [3.63, 3.8) is 0 Å². The summed E-state index contributed by atoms with van der Waals surface area (Å²) in [7, 11) is 0. The maximum absolute atomic E-state index is 12.4. The highest BCUT2D eigenvalue weighted by Gasteiger charge is 2.44. The third kappa shape index (κ3) is 2.41. The van der Waals surface area contributed by atoms with Crippen molar-refractivity contribution in [2.45, 2.75) is 69.7 Å². The first-order valence-corrected chi connectivity index (χ1v) is 7.40. The molecule has 3 rings (SSSR count). The predicted molar refractivity (Wildman–Crippen MR) is 69.5 cm³/mol. The SMILES string of the molecule is CC1OCCC1NC1CC(=O)N(C2CCCC2)C1=O. The molecule has 2 amide bonds. The summed E-state index contributed by atoms with van der Waals surface area (Å²) in [5, 5.41) is 3.32. The second-order valence-electron chi connectivity index (χ2n) is 5.93.